The van der Waals surface area contributed by atoms with Gasteiger partial charge in [-0.05, 0) is 50.5 Å². The maximum atomic E-state index is 13.6. The lowest BCUT2D eigenvalue weighted by molar-refractivity contribution is -0.142. The zero-order valence-corrected chi connectivity index (χ0v) is 22.6. The molecule has 14 heteroatoms. The molecule has 2 aliphatic carbocycles. The van der Waals surface area contributed by atoms with E-state index in [0.29, 0.717) is 34.5 Å². The van der Waals surface area contributed by atoms with E-state index < -0.39 is 19.8 Å². The SMILES string of the molecule is COC(=O)[C@H](C)NP(=O)(OC[C@@H]1C=C[C@H](n2cnc3c(NC4CC4)nc(N)nc32)C1)Oc1ccc(Cl)cc1. The average molecular weight is 562 g/mol. The number of nitrogens with zero attached hydrogens (tertiary/aromatic N) is 4. The summed E-state index contributed by atoms with van der Waals surface area (Å²) < 4.78 is 31.8. The van der Waals surface area contributed by atoms with E-state index in [0.717, 1.165) is 12.8 Å². The topological polar surface area (TPSA) is 156 Å². The highest BCUT2D eigenvalue weighted by molar-refractivity contribution is 7.52. The van der Waals surface area contributed by atoms with Gasteiger partial charge in [0.25, 0.3) is 0 Å². The number of carbonyl (C=O) groups is 1. The van der Waals surface area contributed by atoms with Gasteiger partial charge in [0.2, 0.25) is 5.95 Å². The van der Waals surface area contributed by atoms with Crippen molar-refractivity contribution < 1.29 is 23.1 Å². The highest BCUT2D eigenvalue weighted by atomic mass is 35.5. The summed E-state index contributed by atoms with van der Waals surface area (Å²) >= 11 is 5.94. The number of hydrogen-bond donors (Lipinski definition) is 3. The van der Waals surface area contributed by atoms with Crippen LogP contribution in [0.2, 0.25) is 5.02 Å². The standard InChI is InChI=1S/C24H29ClN7O5P/c1-14(23(33)35-2)31-38(34,37-19-9-4-16(25)5-10-19)36-12-15-3-8-18(11-15)32-13-27-20-21(28-17-6-7-17)29-24(26)30-22(20)32/h3-5,8-10,13-15,17-18H,6-7,11-12H2,1-2H3,(H,31,34)(H3,26,28,29,30)/t14-,15+,18-,38?/m0/s1. The maximum absolute atomic E-state index is 13.6. The Morgan fingerprint density at radius 2 is 2.03 bits per heavy atom. The van der Waals surface area contributed by atoms with Gasteiger partial charge in [0, 0.05) is 17.0 Å². The number of ether oxygens (including phenoxy) is 1. The van der Waals surface area contributed by atoms with Gasteiger partial charge < -0.3 is 24.9 Å². The molecule has 4 N–H and O–H groups in total. The normalized spacial score (nSPS) is 21.2. The number of nitrogens with two attached hydrogens (primary N) is 1. The summed E-state index contributed by atoms with van der Waals surface area (Å²) in [6, 6.07) is 5.75. The number of imidazole rings is 1. The van der Waals surface area contributed by atoms with E-state index in [1.54, 1.807) is 30.6 Å². The van der Waals surface area contributed by atoms with E-state index in [2.05, 4.69) is 25.4 Å². The molecule has 0 radical (unpaired) electrons. The summed E-state index contributed by atoms with van der Waals surface area (Å²) in [5.41, 5.74) is 7.29. The molecule has 2 heterocycles. The van der Waals surface area contributed by atoms with Gasteiger partial charge in [0.1, 0.15) is 11.8 Å². The van der Waals surface area contributed by atoms with Crippen LogP contribution in [0.1, 0.15) is 32.2 Å². The third kappa shape index (κ3) is 6.10. The second kappa shape index (κ2) is 10.9. The average Bonchev–Trinajstić information content (AvgIpc) is 3.40. The quantitative estimate of drug-likeness (QED) is 0.176. The summed E-state index contributed by atoms with van der Waals surface area (Å²) in [5.74, 6) is 0.410. The number of benzene rings is 1. The second-order valence-electron chi connectivity index (χ2n) is 9.33. The number of aromatic nitrogens is 4. The van der Waals surface area contributed by atoms with Crippen LogP contribution in [0, 0.1) is 5.92 Å². The summed E-state index contributed by atoms with van der Waals surface area (Å²) in [5, 5.41) is 6.52. The predicted molar refractivity (Wildman–Crippen MR) is 143 cm³/mol. The van der Waals surface area contributed by atoms with Gasteiger partial charge >= 0.3 is 13.7 Å². The van der Waals surface area contributed by atoms with Gasteiger partial charge in [-0.2, -0.15) is 15.1 Å². The largest absolute Gasteiger partial charge is 0.468 e. The molecule has 1 aromatic carbocycles. The highest BCUT2D eigenvalue weighted by Crippen LogP contribution is 2.46. The van der Waals surface area contributed by atoms with Crippen LogP contribution in [0.4, 0.5) is 11.8 Å². The van der Waals surface area contributed by atoms with Gasteiger partial charge in [-0.1, -0.05) is 23.8 Å². The molecule has 0 bridgehead atoms. The Bertz CT molecular complexity index is 1390. The lowest BCUT2D eigenvalue weighted by Crippen LogP contribution is -2.34. The number of allylic oxidation sites excluding steroid dienone is 1. The monoisotopic (exact) mass is 561 g/mol. The minimum atomic E-state index is -3.96. The summed E-state index contributed by atoms with van der Waals surface area (Å²) in [6.07, 6.45) is 8.57. The van der Waals surface area contributed by atoms with Crippen LogP contribution in [0.25, 0.3) is 11.2 Å². The van der Waals surface area contributed by atoms with Crippen molar-refractivity contribution in [3.8, 4) is 5.75 Å². The van der Waals surface area contributed by atoms with Crippen LogP contribution < -0.4 is 20.7 Å². The number of rotatable bonds is 11. The molecule has 38 heavy (non-hydrogen) atoms. The van der Waals surface area contributed by atoms with Crippen molar-refractivity contribution in [1.29, 1.82) is 0 Å². The number of fused-ring (bicyclic) bond motifs is 1. The minimum Gasteiger partial charge on any atom is -0.468 e. The third-order valence-corrected chi connectivity index (χ3v) is 8.16. The molecule has 4 atom stereocenters. The van der Waals surface area contributed by atoms with Gasteiger partial charge in [-0.25, -0.2) is 9.55 Å². The van der Waals surface area contributed by atoms with Crippen molar-refractivity contribution in [3.63, 3.8) is 0 Å². The van der Waals surface area contributed by atoms with E-state index in [9.17, 15) is 9.36 Å². The van der Waals surface area contributed by atoms with Crippen LogP contribution >= 0.6 is 19.3 Å². The number of hydrogen-bond acceptors (Lipinski definition) is 10. The number of esters is 1. The van der Waals surface area contributed by atoms with Gasteiger partial charge in [-0.3, -0.25) is 9.32 Å². The molecule has 1 fully saturated rings. The number of nitrogens with one attached hydrogen (secondary N) is 2. The number of carbonyl (C=O) groups excluding carboxylic acids is 1. The fraction of sp³-hybridized carbons (Fsp3) is 0.417. The first kappa shape index (κ1) is 26.4. The minimum absolute atomic E-state index is 0.0600. The van der Waals surface area contributed by atoms with Crippen molar-refractivity contribution in [2.24, 2.45) is 5.92 Å². The van der Waals surface area contributed by atoms with E-state index >= 15 is 0 Å². The smallest absolute Gasteiger partial charge is 0.459 e. The molecule has 5 rings (SSSR count). The third-order valence-electron chi connectivity index (χ3n) is 6.27. The molecule has 202 valence electrons. The molecule has 0 spiro atoms. The fourth-order valence-electron chi connectivity index (χ4n) is 4.17. The first-order valence-electron chi connectivity index (χ1n) is 12.2. The molecule has 2 aliphatic rings. The van der Waals surface area contributed by atoms with E-state index in [4.69, 9.17) is 31.1 Å². The fourth-order valence-corrected chi connectivity index (χ4v) is 5.84. The maximum Gasteiger partial charge on any atom is 0.459 e. The molecular formula is C24H29ClN7O5P. The van der Waals surface area contributed by atoms with Crippen molar-refractivity contribution in [2.75, 3.05) is 24.8 Å². The van der Waals surface area contributed by atoms with Crippen LogP contribution in [0.5, 0.6) is 5.75 Å². The molecule has 3 aromatic rings. The molecule has 0 saturated heterocycles. The van der Waals surface area contributed by atoms with Crippen LogP contribution in [-0.2, 0) is 18.6 Å². The molecule has 0 aliphatic heterocycles. The number of nitrogen functional groups attached to an aromatic ring is 1. The molecule has 0 amide bonds. The van der Waals surface area contributed by atoms with E-state index in [1.807, 2.05) is 16.7 Å². The van der Waals surface area contributed by atoms with Crippen molar-refractivity contribution >= 4 is 48.2 Å². The summed E-state index contributed by atoms with van der Waals surface area (Å²) in [7, 11) is -2.72. The number of methoxy groups -OCH3 is 1. The first-order valence-corrected chi connectivity index (χ1v) is 14.2. The van der Waals surface area contributed by atoms with Crippen molar-refractivity contribution in [1.82, 2.24) is 24.6 Å². The Kier molecular flexibility index (Phi) is 7.58. The van der Waals surface area contributed by atoms with Crippen LogP contribution in [0.15, 0.2) is 42.7 Å². The Morgan fingerprint density at radius 3 is 2.74 bits per heavy atom. The summed E-state index contributed by atoms with van der Waals surface area (Å²) in [6.45, 7) is 1.60. The van der Waals surface area contributed by atoms with Crippen LogP contribution in [-0.4, -0.2) is 51.3 Å². The van der Waals surface area contributed by atoms with Crippen LogP contribution in [0.3, 0.4) is 0 Å². The number of halogens is 1. The second-order valence-corrected chi connectivity index (χ2v) is 11.5. The van der Waals surface area contributed by atoms with Crippen molar-refractivity contribution in [2.45, 2.75) is 44.3 Å². The highest BCUT2D eigenvalue weighted by Gasteiger charge is 2.34. The van der Waals surface area contributed by atoms with Crippen molar-refractivity contribution in [3.05, 3.63) is 47.8 Å². The molecule has 1 unspecified atom stereocenters. The number of anilines is 2. The molecular weight excluding hydrogens is 533 g/mol. The summed E-state index contributed by atoms with van der Waals surface area (Å²) in [4.78, 5) is 25.2. The lowest BCUT2D eigenvalue weighted by Gasteiger charge is -2.24. The predicted octanol–water partition coefficient (Wildman–Crippen LogP) is 4.11. The van der Waals surface area contributed by atoms with Gasteiger partial charge in [0.15, 0.2) is 17.0 Å². The van der Waals surface area contributed by atoms with E-state index in [1.165, 1.54) is 14.0 Å². The lowest BCUT2D eigenvalue weighted by atomic mass is 10.1. The van der Waals surface area contributed by atoms with E-state index in [-0.39, 0.29) is 30.3 Å². The van der Waals surface area contributed by atoms with Gasteiger partial charge in [0.05, 0.1) is 26.1 Å². The molecule has 2 aromatic heterocycles. The Hall–Kier alpha value is -3.18. The van der Waals surface area contributed by atoms with Gasteiger partial charge in [-0.15, -0.1) is 0 Å². The molecule has 1 saturated carbocycles. The Morgan fingerprint density at radius 1 is 1.26 bits per heavy atom. The Labute approximate surface area is 224 Å². The zero-order valence-electron chi connectivity index (χ0n) is 20.9. The zero-order chi connectivity index (χ0) is 26.9. The molecule has 12 nitrogen and oxygen atoms in total. The first-order chi connectivity index (χ1) is 18.2. The Balaban J connectivity index is 1.28.